The first-order valence-electron chi connectivity index (χ1n) is 27.7. The molecule has 6 fully saturated rings. The third-order valence-corrected chi connectivity index (χ3v) is 17.2. The predicted molar refractivity (Wildman–Crippen MR) is 298 cm³/mol. The largest absolute Gasteiger partial charge is 0.508 e. The standard InChI is InChI=1S/C23H29NO3.C20H23ClN2O3.C19H23N3O3/c1-15-3-8-23(16(2)9-15)27-21-10-18-12-24(13-19(18)11-21)14-22(26)17-4-6-20(25)7-5-17;21-17-3-1-2-4-20(17)26-16-7-13-10-23(11-14(13)8-16)12-19(25)18-6-5-15(24)9-22-18;23-16-3-1-13(2-4-16)19(24)11-22-9-14-5-17(6-15(14)10-22)25-18-7-20-12-21-8-18/h3-9,18-19,21-22,25-26H,10-14H2,1-2H3;1-6,9,13-14,16,19,24-25H,7-8,10-12H2;1-4,7-8,12,14-15,17,19,23-24H,5-6,9-11H2/t18-,19+,21?,22?;13-,14+,16?,19?;14-,15+,17?,19?. The molecule has 3 aliphatic heterocycles. The summed E-state index contributed by atoms with van der Waals surface area (Å²) in [6, 6.07) is 30.9. The van der Waals surface area contributed by atoms with E-state index in [1.54, 1.807) is 73.1 Å². The number of ether oxygens (including phenoxy) is 3. The van der Waals surface area contributed by atoms with Gasteiger partial charge in [-0.2, -0.15) is 0 Å². The number of aryl methyl sites for hydroxylation is 2. The number of hydrogen-bond donors (Lipinski definition) is 6. The lowest BCUT2D eigenvalue weighted by Crippen LogP contribution is -2.29. The van der Waals surface area contributed by atoms with Gasteiger partial charge in [0.1, 0.15) is 41.2 Å². The van der Waals surface area contributed by atoms with E-state index < -0.39 is 18.3 Å². The number of fused-ring (bicyclic) bond motifs is 3. The van der Waals surface area contributed by atoms with Gasteiger partial charge in [0.25, 0.3) is 0 Å². The van der Waals surface area contributed by atoms with Gasteiger partial charge in [0, 0.05) is 58.9 Å². The molecule has 12 rings (SSSR count). The van der Waals surface area contributed by atoms with Crippen molar-refractivity contribution < 1.29 is 44.8 Å². The van der Waals surface area contributed by atoms with E-state index in [-0.39, 0.29) is 29.5 Å². The zero-order valence-electron chi connectivity index (χ0n) is 44.6. The van der Waals surface area contributed by atoms with Gasteiger partial charge in [-0.05, 0) is 159 Å². The van der Waals surface area contributed by atoms with Crippen LogP contribution >= 0.6 is 11.6 Å². The van der Waals surface area contributed by atoms with E-state index >= 15 is 0 Å². The summed E-state index contributed by atoms with van der Waals surface area (Å²) < 4.78 is 18.4. The molecule has 6 aliphatic rings. The Morgan fingerprint density at radius 2 is 0.936 bits per heavy atom. The molecule has 3 saturated heterocycles. The normalized spacial score (nSPS) is 26.6. The zero-order valence-corrected chi connectivity index (χ0v) is 45.4. The number of likely N-dealkylation sites (tertiary alicyclic amines) is 3. The highest BCUT2D eigenvalue weighted by Gasteiger charge is 2.45. The molecule has 0 amide bonds. The lowest BCUT2D eigenvalue weighted by Gasteiger charge is -2.23. The number of hydrogen-bond acceptors (Lipinski definition) is 15. The second-order valence-electron chi connectivity index (χ2n) is 22.8. The minimum Gasteiger partial charge on any atom is -0.508 e. The van der Waals surface area contributed by atoms with Crippen molar-refractivity contribution in [2.75, 3.05) is 58.9 Å². The van der Waals surface area contributed by atoms with Gasteiger partial charge in [-0.15, -0.1) is 0 Å². The number of aromatic hydroxyl groups is 3. The van der Waals surface area contributed by atoms with Gasteiger partial charge in [0.05, 0.1) is 59.8 Å². The maximum Gasteiger partial charge on any atom is 0.156 e. The molecule has 5 heterocycles. The fraction of sp³-hybridized carbons (Fsp3) is 0.468. The highest BCUT2D eigenvalue weighted by Crippen LogP contribution is 2.43. The van der Waals surface area contributed by atoms with Crippen LogP contribution in [-0.4, -0.2) is 138 Å². The molecule has 3 aliphatic carbocycles. The lowest BCUT2D eigenvalue weighted by molar-refractivity contribution is 0.113. The molecule has 16 heteroatoms. The van der Waals surface area contributed by atoms with Crippen LogP contribution in [0.5, 0.6) is 34.5 Å². The number of β-amino-alcohol motifs (C(OH)–C–C–N with tert-alkyl or cyclic N) is 3. The minimum absolute atomic E-state index is 0.112. The second kappa shape index (κ2) is 25.4. The van der Waals surface area contributed by atoms with E-state index in [2.05, 4.69) is 61.7 Å². The first-order chi connectivity index (χ1) is 37.7. The van der Waals surface area contributed by atoms with Gasteiger partial charge < -0.3 is 44.8 Å². The maximum absolute atomic E-state index is 10.5. The van der Waals surface area contributed by atoms with E-state index in [1.165, 1.54) is 23.7 Å². The van der Waals surface area contributed by atoms with Crippen molar-refractivity contribution in [2.24, 2.45) is 35.5 Å². The molecule has 6 aromatic rings. The molecular formula is C62H75ClN6O9. The van der Waals surface area contributed by atoms with E-state index in [1.807, 2.05) is 24.3 Å². The average molecular weight is 1080 g/mol. The van der Waals surface area contributed by atoms with Crippen molar-refractivity contribution in [3.8, 4) is 34.5 Å². The van der Waals surface area contributed by atoms with Crippen LogP contribution in [0.25, 0.3) is 0 Å². The zero-order chi connectivity index (χ0) is 54.3. The van der Waals surface area contributed by atoms with E-state index in [0.29, 0.717) is 72.0 Å². The third kappa shape index (κ3) is 14.4. The highest BCUT2D eigenvalue weighted by molar-refractivity contribution is 6.32. The van der Waals surface area contributed by atoms with Crippen molar-refractivity contribution in [2.45, 2.75) is 89.0 Å². The maximum atomic E-state index is 10.5. The summed E-state index contributed by atoms with van der Waals surface area (Å²) in [5.41, 5.74) is 4.79. The second-order valence-corrected chi connectivity index (χ2v) is 23.2. The van der Waals surface area contributed by atoms with Crippen LogP contribution in [0.1, 0.15) is 84.8 Å². The van der Waals surface area contributed by atoms with Crippen molar-refractivity contribution in [1.29, 1.82) is 0 Å². The van der Waals surface area contributed by atoms with Crippen LogP contribution in [0, 0.1) is 49.4 Å². The van der Waals surface area contributed by atoms with Gasteiger partial charge in [0.2, 0.25) is 0 Å². The first kappa shape index (κ1) is 55.3. The Balaban J connectivity index is 0.000000132. The number of halogens is 1. The summed E-state index contributed by atoms with van der Waals surface area (Å²) >= 11 is 6.19. The van der Waals surface area contributed by atoms with Crippen molar-refractivity contribution in [3.63, 3.8) is 0 Å². The van der Waals surface area contributed by atoms with Crippen LogP contribution in [0.3, 0.4) is 0 Å². The fourth-order valence-electron chi connectivity index (χ4n) is 13.2. The summed E-state index contributed by atoms with van der Waals surface area (Å²) in [5, 5.41) is 60.0. The molecule has 0 radical (unpaired) electrons. The Bertz CT molecular complexity index is 2810. The number of rotatable bonds is 15. The first-order valence-corrected chi connectivity index (χ1v) is 28.1. The molecule has 414 valence electrons. The van der Waals surface area contributed by atoms with Crippen molar-refractivity contribution >= 4 is 11.6 Å². The third-order valence-electron chi connectivity index (χ3n) is 16.9. The van der Waals surface area contributed by atoms with Gasteiger partial charge >= 0.3 is 0 Å². The Hall–Kier alpha value is -6.04. The Kier molecular flexibility index (Phi) is 18.0. The minimum atomic E-state index is -0.635. The van der Waals surface area contributed by atoms with Crippen LogP contribution < -0.4 is 14.2 Å². The van der Waals surface area contributed by atoms with Gasteiger partial charge in [-0.25, -0.2) is 9.97 Å². The molecule has 12 atom stereocenters. The summed E-state index contributed by atoms with van der Waals surface area (Å²) in [4.78, 5) is 19.1. The Morgan fingerprint density at radius 1 is 0.500 bits per heavy atom. The molecule has 15 nitrogen and oxygen atoms in total. The molecule has 0 spiro atoms. The van der Waals surface area contributed by atoms with Crippen LogP contribution in [0.4, 0.5) is 0 Å². The number of pyridine rings is 1. The number of para-hydroxylation sites is 1. The van der Waals surface area contributed by atoms with Crippen LogP contribution in [0.2, 0.25) is 5.02 Å². The summed E-state index contributed by atoms with van der Waals surface area (Å²) in [6.07, 6.45) is 11.8. The molecule has 0 bridgehead atoms. The highest BCUT2D eigenvalue weighted by atomic mass is 35.5. The monoisotopic (exact) mass is 1080 g/mol. The van der Waals surface area contributed by atoms with Gasteiger partial charge in [-0.3, -0.25) is 19.7 Å². The number of phenols is 2. The lowest BCUT2D eigenvalue weighted by atomic mass is 10.0. The SMILES string of the molecule is Cc1ccc(OC2C[C@@H]3CN(CC(O)c4ccc(O)cc4)C[C@@H]3C2)c(C)c1.Oc1ccc(C(O)CN2C[C@H]3CC(Oc4ccccc4Cl)C[C@H]3C2)nc1.Oc1ccc(C(O)CN2C[C@H]3CC(Oc4cncnc4)C[C@H]3C2)cc1. The van der Waals surface area contributed by atoms with Crippen LogP contribution in [0.15, 0.2) is 128 Å². The molecule has 78 heavy (non-hydrogen) atoms. The predicted octanol–water partition coefficient (Wildman–Crippen LogP) is 9.10. The number of aliphatic hydroxyl groups excluding tert-OH is 3. The quantitative estimate of drug-likeness (QED) is 0.0569. The molecule has 6 unspecified atom stereocenters. The van der Waals surface area contributed by atoms with Crippen LogP contribution in [-0.2, 0) is 0 Å². The molecule has 6 N–H and O–H groups in total. The molecule has 3 saturated carbocycles. The van der Waals surface area contributed by atoms with E-state index in [0.717, 1.165) is 106 Å². The summed E-state index contributed by atoms with van der Waals surface area (Å²) in [5.74, 6) is 6.87. The van der Waals surface area contributed by atoms with Crippen molar-refractivity contribution in [1.82, 2.24) is 29.7 Å². The number of aliphatic hydroxyl groups is 3. The number of nitrogens with zero attached hydrogens (tertiary/aromatic N) is 6. The summed E-state index contributed by atoms with van der Waals surface area (Å²) in [6.45, 7) is 12.1. The average Bonchev–Trinajstić information content (AvgIpc) is 4.33. The smallest absolute Gasteiger partial charge is 0.156 e. The van der Waals surface area contributed by atoms with E-state index in [9.17, 15) is 30.6 Å². The molecular weight excluding hydrogens is 1010 g/mol. The summed E-state index contributed by atoms with van der Waals surface area (Å²) in [7, 11) is 0. The number of benzene rings is 4. The van der Waals surface area contributed by atoms with Gasteiger partial charge in [0.15, 0.2) is 5.75 Å². The number of phenolic OH excluding ortho intramolecular Hbond substituents is 2. The topological polar surface area (TPSA) is 197 Å². The Morgan fingerprint density at radius 3 is 1.38 bits per heavy atom. The number of aromatic nitrogens is 3. The fourth-order valence-corrected chi connectivity index (χ4v) is 13.3. The molecule has 2 aromatic heterocycles. The van der Waals surface area contributed by atoms with E-state index in [4.69, 9.17) is 25.8 Å². The van der Waals surface area contributed by atoms with Crippen molar-refractivity contribution in [3.05, 3.63) is 161 Å². The Labute approximate surface area is 463 Å². The van der Waals surface area contributed by atoms with Gasteiger partial charge in [-0.1, -0.05) is 65.7 Å². The molecule has 4 aromatic carbocycles.